The number of halogens is 3. The van der Waals surface area contributed by atoms with Crippen molar-refractivity contribution in [2.45, 2.75) is 33.5 Å². The number of fused-ring (bicyclic) bond motifs is 3. The van der Waals surface area contributed by atoms with E-state index in [0.29, 0.717) is 15.7 Å². The van der Waals surface area contributed by atoms with Crippen LogP contribution >= 0.6 is 23.1 Å². The van der Waals surface area contributed by atoms with Gasteiger partial charge in [-0.15, -0.1) is 11.3 Å². The molecule has 1 aromatic carbocycles. The predicted octanol–water partition coefficient (Wildman–Crippen LogP) is 3.98. The lowest BCUT2D eigenvalue weighted by atomic mass is 9.84. The number of carbonyl (C=O) groups excluding carboxylic acids is 1. The zero-order valence-corrected chi connectivity index (χ0v) is 18.6. The number of carbonyl (C=O) groups is 1. The first kappa shape index (κ1) is 22.4. The summed E-state index contributed by atoms with van der Waals surface area (Å²) >= 11 is 2.53. The molecule has 3 saturated heterocycles. The zero-order chi connectivity index (χ0) is 22.2. The van der Waals surface area contributed by atoms with Gasteiger partial charge in [0, 0.05) is 23.2 Å². The minimum atomic E-state index is -5.48. The Morgan fingerprint density at radius 2 is 1.90 bits per heavy atom. The molecular weight excluding hydrogens is 471 g/mol. The number of thiophene rings is 1. The van der Waals surface area contributed by atoms with Gasteiger partial charge < -0.3 is 10.2 Å². The van der Waals surface area contributed by atoms with Crippen LogP contribution in [0.15, 0.2) is 45.5 Å². The highest BCUT2D eigenvalue weighted by molar-refractivity contribution is 8.01. The highest BCUT2D eigenvalue weighted by Gasteiger charge is 2.46. The van der Waals surface area contributed by atoms with Gasteiger partial charge in [-0.3, -0.25) is 9.52 Å². The largest absolute Gasteiger partial charge is 0.516 e. The summed E-state index contributed by atoms with van der Waals surface area (Å²) in [7, 11) is -5.48. The SMILES string of the molecule is O=C(NC1CN2CCC1CC2)c1ccc(Sc2cccc(NS(=O)(=O)C(F)(F)F)c2)s1. The van der Waals surface area contributed by atoms with Gasteiger partial charge in [-0.05, 0) is 62.2 Å². The molecule has 3 aliphatic heterocycles. The van der Waals surface area contributed by atoms with Crippen molar-refractivity contribution < 1.29 is 26.4 Å². The Hall–Kier alpha value is -1.76. The van der Waals surface area contributed by atoms with E-state index in [4.69, 9.17) is 0 Å². The lowest BCUT2D eigenvalue weighted by Crippen LogP contribution is -2.57. The first-order chi connectivity index (χ1) is 14.6. The summed E-state index contributed by atoms with van der Waals surface area (Å²) in [6, 6.07) is 9.34. The van der Waals surface area contributed by atoms with Gasteiger partial charge in [-0.25, -0.2) is 0 Å². The highest BCUT2D eigenvalue weighted by Crippen LogP contribution is 2.35. The van der Waals surface area contributed by atoms with Crippen LogP contribution in [0.4, 0.5) is 18.9 Å². The minimum absolute atomic E-state index is 0.123. The number of piperidine rings is 3. The molecule has 2 bridgehead atoms. The monoisotopic (exact) mass is 491 g/mol. The Bertz CT molecular complexity index is 1060. The van der Waals surface area contributed by atoms with Crippen molar-refractivity contribution in [2.75, 3.05) is 24.4 Å². The molecule has 2 N–H and O–H groups in total. The third-order valence-corrected chi connectivity index (χ3v) is 8.71. The van der Waals surface area contributed by atoms with Crippen LogP contribution in [-0.2, 0) is 10.0 Å². The fourth-order valence-corrected chi connectivity index (χ4v) is 6.44. The molecule has 1 aromatic heterocycles. The standard InChI is InChI=1S/C19H20F3N3O3S3/c20-19(21,22)31(27,28)24-13-2-1-3-14(10-13)29-17-5-4-16(30-17)18(26)23-15-11-25-8-6-12(15)7-9-25/h1-5,10,12,15,24H,6-9,11H2,(H,23,26). The summed E-state index contributed by atoms with van der Waals surface area (Å²) in [5.41, 5.74) is -5.57. The predicted molar refractivity (Wildman–Crippen MR) is 114 cm³/mol. The number of rotatable bonds is 6. The maximum absolute atomic E-state index is 12.6. The number of nitrogens with zero attached hydrogens (tertiary/aromatic N) is 1. The molecule has 4 heterocycles. The number of benzene rings is 1. The maximum Gasteiger partial charge on any atom is 0.516 e. The molecule has 3 fully saturated rings. The molecular formula is C19H20F3N3O3S3. The van der Waals surface area contributed by atoms with E-state index in [-0.39, 0.29) is 17.6 Å². The summed E-state index contributed by atoms with van der Waals surface area (Å²) in [6.07, 6.45) is 2.20. The quantitative estimate of drug-likeness (QED) is 0.639. The van der Waals surface area contributed by atoms with Gasteiger partial charge in [0.25, 0.3) is 5.91 Å². The van der Waals surface area contributed by atoms with Gasteiger partial charge in [0.2, 0.25) is 0 Å². The molecule has 1 atom stereocenters. The van der Waals surface area contributed by atoms with Crippen LogP contribution in [-0.4, -0.2) is 50.4 Å². The normalized spacial score (nSPS) is 23.5. The molecule has 6 nitrogen and oxygen atoms in total. The van der Waals surface area contributed by atoms with E-state index in [9.17, 15) is 26.4 Å². The number of nitrogens with one attached hydrogen (secondary N) is 2. The molecule has 168 valence electrons. The van der Waals surface area contributed by atoms with Gasteiger partial charge in [0.15, 0.2) is 0 Å². The Labute approximate surface area is 186 Å². The maximum atomic E-state index is 12.6. The van der Waals surface area contributed by atoms with Crippen LogP contribution in [0.5, 0.6) is 0 Å². The van der Waals surface area contributed by atoms with Crippen molar-refractivity contribution in [2.24, 2.45) is 5.92 Å². The molecule has 12 heteroatoms. The van der Waals surface area contributed by atoms with Gasteiger partial charge in [-0.2, -0.15) is 21.6 Å². The smallest absolute Gasteiger partial charge is 0.347 e. The van der Waals surface area contributed by atoms with Gasteiger partial charge in [0.05, 0.1) is 9.09 Å². The Kier molecular flexibility index (Phi) is 6.25. The first-order valence-electron chi connectivity index (χ1n) is 9.61. The second kappa shape index (κ2) is 8.64. The fraction of sp³-hybridized carbons (Fsp3) is 0.421. The molecule has 0 spiro atoms. The third kappa shape index (κ3) is 5.18. The second-order valence-electron chi connectivity index (χ2n) is 7.52. The highest BCUT2D eigenvalue weighted by atomic mass is 32.2. The molecule has 2 aromatic rings. The summed E-state index contributed by atoms with van der Waals surface area (Å²) in [6.45, 7) is 3.06. The lowest BCUT2D eigenvalue weighted by molar-refractivity contribution is -0.0429. The van der Waals surface area contributed by atoms with Gasteiger partial charge in [-0.1, -0.05) is 17.8 Å². The van der Waals surface area contributed by atoms with Crippen molar-refractivity contribution in [3.8, 4) is 0 Å². The summed E-state index contributed by atoms with van der Waals surface area (Å²) in [5.74, 6) is 0.397. The summed E-state index contributed by atoms with van der Waals surface area (Å²) in [4.78, 5) is 16.1. The van der Waals surface area contributed by atoms with E-state index in [1.165, 1.54) is 46.0 Å². The lowest BCUT2D eigenvalue weighted by Gasteiger charge is -2.44. The van der Waals surface area contributed by atoms with Crippen LogP contribution in [0.2, 0.25) is 0 Å². The average molecular weight is 492 g/mol. The van der Waals surface area contributed by atoms with E-state index in [1.54, 1.807) is 18.2 Å². The topological polar surface area (TPSA) is 78.5 Å². The van der Waals surface area contributed by atoms with E-state index in [2.05, 4.69) is 10.2 Å². The third-order valence-electron chi connectivity index (χ3n) is 5.39. The van der Waals surface area contributed by atoms with Crippen LogP contribution in [0, 0.1) is 5.92 Å². The van der Waals surface area contributed by atoms with E-state index in [1.807, 2.05) is 0 Å². The first-order valence-corrected chi connectivity index (χ1v) is 12.7. The Morgan fingerprint density at radius 3 is 2.55 bits per heavy atom. The number of amides is 1. The molecule has 31 heavy (non-hydrogen) atoms. The molecule has 1 amide bonds. The van der Waals surface area contributed by atoms with Gasteiger partial charge >= 0.3 is 15.5 Å². The number of alkyl halides is 3. The van der Waals surface area contributed by atoms with Crippen LogP contribution < -0.4 is 10.0 Å². The van der Waals surface area contributed by atoms with Crippen molar-refractivity contribution in [3.05, 3.63) is 41.3 Å². The van der Waals surface area contributed by atoms with Crippen molar-refractivity contribution in [1.29, 1.82) is 0 Å². The molecule has 3 aliphatic rings. The number of sulfonamides is 1. The van der Waals surface area contributed by atoms with Crippen molar-refractivity contribution in [1.82, 2.24) is 10.2 Å². The zero-order valence-electron chi connectivity index (χ0n) is 16.2. The Morgan fingerprint density at radius 1 is 1.16 bits per heavy atom. The van der Waals surface area contributed by atoms with E-state index in [0.717, 1.165) is 36.7 Å². The fourth-order valence-electron chi connectivity index (χ4n) is 3.82. The average Bonchev–Trinajstić information content (AvgIpc) is 3.16. The minimum Gasteiger partial charge on any atom is -0.347 e. The second-order valence-corrected chi connectivity index (χ2v) is 11.6. The van der Waals surface area contributed by atoms with E-state index >= 15 is 0 Å². The van der Waals surface area contributed by atoms with Gasteiger partial charge in [0.1, 0.15) is 0 Å². The Balaban J connectivity index is 1.39. The molecule has 1 unspecified atom stereocenters. The summed E-state index contributed by atoms with van der Waals surface area (Å²) in [5, 5.41) is 3.13. The number of hydrogen-bond acceptors (Lipinski definition) is 6. The van der Waals surface area contributed by atoms with Crippen molar-refractivity contribution >= 4 is 44.7 Å². The molecule has 0 aliphatic carbocycles. The van der Waals surface area contributed by atoms with Crippen LogP contribution in [0.3, 0.4) is 0 Å². The number of anilines is 1. The molecule has 0 saturated carbocycles. The molecule has 5 rings (SSSR count). The number of hydrogen-bond donors (Lipinski definition) is 2. The van der Waals surface area contributed by atoms with E-state index < -0.39 is 15.5 Å². The van der Waals surface area contributed by atoms with Crippen LogP contribution in [0.1, 0.15) is 22.5 Å². The summed E-state index contributed by atoms with van der Waals surface area (Å²) < 4.78 is 62.6. The van der Waals surface area contributed by atoms with Crippen LogP contribution in [0.25, 0.3) is 0 Å². The van der Waals surface area contributed by atoms with Crippen molar-refractivity contribution in [3.63, 3.8) is 0 Å². The molecule has 0 radical (unpaired) electrons.